The SMILES string of the molecule is CCOc1c(CN[C@@H](Cc2c[nH]c3ccccc23)C(=O)O)cc(Cl)cc1OC. The number of carbonyl (C=O) groups is 1. The van der Waals surface area contributed by atoms with Gasteiger partial charge in [0.1, 0.15) is 6.04 Å². The first-order valence-electron chi connectivity index (χ1n) is 9.03. The Labute approximate surface area is 168 Å². The van der Waals surface area contributed by atoms with Gasteiger partial charge < -0.3 is 19.6 Å². The molecule has 0 aliphatic rings. The van der Waals surface area contributed by atoms with E-state index in [-0.39, 0.29) is 6.54 Å². The number of benzene rings is 2. The standard InChI is InChI=1S/C21H23ClN2O4/c1-3-28-20-14(8-15(22)10-19(20)27-2)12-24-18(21(25)26)9-13-11-23-17-7-5-4-6-16(13)17/h4-8,10-11,18,23-24H,3,9,12H2,1-2H3,(H,25,26)/t18-/m0/s1. The Morgan fingerprint density at radius 2 is 2.07 bits per heavy atom. The summed E-state index contributed by atoms with van der Waals surface area (Å²) in [5, 5.41) is 14.3. The minimum Gasteiger partial charge on any atom is -0.493 e. The third kappa shape index (κ3) is 4.40. The van der Waals surface area contributed by atoms with Crippen LogP contribution < -0.4 is 14.8 Å². The van der Waals surface area contributed by atoms with Crippen molar-refractivity contribution in [1.29, 1.82) is 0 Å². The van der Waals surface area contributed by atoms with Crippen LogP contribution >= 0.6 is 11.6 Å². The van der Waals surface area contributed by atoms with Crippen LogP contribution in [0, 0.1) is 0 Å². The molecule has 0 aliphatic heterocycles. The Morgan fingerprint density at radius 1 is 1.29 bits per heavy atom. The van der Waals surface area contributed by atoms with Crippen molar-refractivity contribution in [3.63, 3.8) is 0 Å². The van der Waals surface area contributed by atoms with Crippen LogP contribution in [0.1, 0.15) is 18.1 Å². The summed E-state index contributed by atoms with van der Waals surface area (Å²) in [7, 11) is 1.54. The van der Waals surface area contributed by atoms with Gasteiger partial charge in [0.05, 0.1) is 13.7 Å². The molecule has 7 heteroatoms. The fourth-order valence-electron chi connectivity index (χ4n) is 3.21. The second-order valence-corrected chi connectivity index (χ2v) is 6.80. The van der Waals surface area contributed by atoms with Crippen molar-refractivity contribution in [3.8, 4) is 11.5 Å². The fraction of sp³-hybridized carbons (Fsp3) is 0.286. The first-order chi connectivity index (χ1) is 13.5. The number of rotatable bonds is 9. The predicted octanol–water partition coefficient (Wildman–Crippen LogP) is 4.01. The Morgan fingerprint density at radius 3 is 2.79 bits per heavy atom. The van der Waals surface area contributed by atoms with Crippen molar-refractivity contribution >= 4 is 28.5 Å². The second-order valence-electron chi connectivity index (χ2n) is 6.36. The van der Waals surface area contributed by atoms with E-state index in [0.717, 1.165) is 22.0 Å². The quantitative estimate of drug-likeness (QED) is 0.503. The molecule has 3 aromatic rings. The third-order valence-corrected chi connectivity index (χ3v) is 4.76. The van der Waals surface area contributed by atoms with E-state index in [0.29, 0.717) is 29.5 Å². The highest BCUT2D eigenvalue weighted by atomic mass is 35.5. The molecule has 0 saturated carbocycles. The summed E-state index contributed by atoms with van der Waals surface area (Å²) in [4.78, 5) is 15.0. The summed E-state index contributed by atoms with van der Waals surface area (Å²) in [6.07, 6.45) is 2.21. The number of nitrogens with one attached hydrogen (secondary N) is 2. The number of carboxylic acids is 1. The van der Waals surface area contributed by atoms with Crippen molar-refractivity contribution in [3.05, 3.63) is 58.7 Å². The number of hydrogen-bond acceptors (Lipinski definition) is 4. The number of fused-ring (bicyclic) bond motifs is 1. The normalized spacial score (nSPS) is 12.1. The van der Waals surface area contributed by atoms with Crippen LogP contribution in [0.15, 0.2) is 42.6 Å². The van der Waals surface area contributed by atoms with Gasteiger partial charge in [-0.3, -0.25) is 10.1 Å². The van der Waals surface area contributed by atoms with Crippen LogP contribution in [-0.2, 0) is 17.8 Å². The lowest BCUT2D eigenvalue weighted by atomic mass is 10.0. The molecule has 0 radical (unpaired) electrons. The molecule has 1 heterocycles. The minimum absolute atomic E-state index is 0.283. The second kappa shape index (κ2) is 8.99. The molecule has 0 bridgehead atoms. The average Bonchev–Trinajstić information content (AvgIpc) is 3.09. The van der Waals surface area contributed by atoms with Crippen molar-refractivity contribution in [2.75, 3.05) is 13.7 Å². The molecule has 1 atom stereocenters. The van der Waals surface area contributed by atoms with E-state index in [1.165, 1.54) is 0 Å². The van der Waals surface area contributed by atoms with Crippen molar-refractivity contribution in [2.45, 2.75) is 25.9 Å². The molecule has 28 heavy (non-hydrogen) atoms. The first-order valence-corrected chi connectivity index (χ1v) is 9.41. The molecule has 0 unspecified atom stereocenters. The fourth-order valence-corrected chi connectivity index (χ4v) is 3.44. The molecule has 3 N–H and O–H groups in total. The highest BCUT2D eigenvalue weighted by molar-refractivity contribution is 6.30. The molecular formula is C21H23ClN2O4. The smallest absolute Gasteiger partial charge is 0.321 e. The summed E-state index contributed by atoms with van der Waals surface area (Å²) >= 11 is 6.18. The molecule has 2 aromatic carbocycles. The Kier molecular flexibility index (Phi) is 6.44. The topological polar surface area (TPSA) is 83.6 Å². The van der Waals surface area contributed by atoms with Gasteiger partial charge >= 0.3 is 5.97 Å². The lowest BCUT2D eigenvalue weighted by Crippen LogP contribution is -2.38. The van der Waals surface area contributed by atoms with Crippen LogP contribution in [0.25, 0.3) is 10.9 Å². The van der Waals surface area contributed by atoms with Gasteiger partial charge in [0.2, 0.25) is 0 Å². The molecule has 0 saturated heterocycles. The molecule has 6 nitrogen and oxygen atoms in total. The predicted molar refractivity (Wildman–Crippen MR) is 109 cm³/mol. The van der Waals surface area contributed by atoms with Gasteiger partial charge in [-0.05, 0) is 24.6 Å². The van der Waals surface area contributed by atoms with Gasteiger partial charge in [-0.15, -0.1) is 0 Å². The number of H-pyrrole nitrogens is 1. The summed E-state index contributed by atoms with van der Waals surface area (Å²) in [5.74, 6) is 0.171. The van der Waals surface area contributed by atoms with Crippen molar-refractivity contribution in [1.82, 2.24) is 10.3 Å². The zero-order valence-electron chi connectivity index (χ0n) is 15.8. The van der Waals surface area contributed by atoms with Crippen LogP contribution in [0.2, 0.25) is 5.02 Å². The van der Waals surface area contributed by atoms with E-state index >= 15 is 0 Å². The van der Waals surface area contributed by atoms with Crippen molar-refractivity contribution in [2.24, 2.45) is 0 Å². The zero-order chi connectivity index (χ0) is 20.1. The minimum atomic E-state index is -0.919. The highest BCUT2D eigenvalue weighted by Crippen LogP contribution is 2.35. The Hall–Kier alpha value is -2.70. The van der Waals surface area contributed by atoms with Gasteiger partial charge in [-0.2, -0.15) is 0 Å². The van der Waals surface area contributed by atoms with E-state index in [4.69, 9.17) is 21.1 Å². The largest absolute Gasteiger partial charge is 0.493 e. The number of ether oxygens (including phenoxy) is 2. The number of halogens is 1. The number of hydrogen-bond donors (Lipinski definition) is 3. The summed E-state index contributed by atoms with van der Waals surface area (Å²) in [6, 6.07) is 10.5. The summed E-state index contributed by atoms with van der Waals surface area (Å²) < 4.78 is 11.0. The number of aromatic nitrogens is 1. The number of para-hydroxylation sites is 1. The van der Waals surface area contributed by atoms with Gasteiger partial charge in [0.15, 0.2) is 11.5 Å². The highest BCUT2D eigenvalue weighted by Gasteiger charge is 2.21. The maximum atomic E-state index is 11.8. The number of aromatic amines is 1. The van der Waals surface area contributed by atoms with E-state index in [9.17, 15) is 9.90 Å². The number of carboxylic acid groups (broad SMARTS) is 1. The molecule has 1 aromatic heterocycles. The third-order valence-electron chi connectivity index (χ3n) is 4.54. The lowest BCUT2D eigenvalue weighted by molar-refractivity contribution is -0.139. The van der Waals surface area contributed by atoms with E-state index in [2.05, 4.69) is 10.3 Å². The zero-order valence-corrected chi connectivity index (χ0v) is 16.5. The molecule has 0 aliphatic carbocycles. The van der Waals surface area contributed by atoms with Crippen molar-refractivity contribution < 1.29 is 19.4 Å². The van der Waals surface area contributed by atoms with E-state index < -0.39 is 12.0 Å². The lowest BCUT2D eigenvalue weighted by Gasteiger charge is -2.18. The number of aliphatic carboxylic acids is 1. The molecule has 3 rings (SSSR count). The van der Waals surface area contributed by atoms with Gasteiger partial charge in [-0.25, -0.2) is 0 Å². The van der Waals surface area contributed by atoms with Crippen LogP contribution in [0.5, 0.6) is 11.5 Å². The van der Waals surface area contributed by atoms with E-state index in [1.807, 2.05) is 37.4 Å². The molecule has 148 valence electrons. The Balaban J connectivity index is 1.81. The van der Waals surface area contributed by atoms with Gasteiger partial charge in [0, 0.05) is 46.7 Å². The molecule has 0 amide bonds. The first kappa shape index (κ1) is 20.0. The van der Waals surface area contributed by atoms with Gasteiger partial charge in [-0.1, -0.05) is 29.8 Å². The maximum absolute atomic E-state index is 11.8. The monoisotopic (exact) mass is 402 g/mol. The maximum Gasteiger partial charge on any atom is 0.321 e. The summed E-state index contributed by atoms with van der Waals surface area (Å²) in [6.45, 7) is 2.62. The molecular weight excluding hydrogens is 380 g/mol. The van der Waals surface area contributed by atoms with Crippen LogP contribution in [-0.4, -0.2) is 35.8 Å². The molecule has 0 spiro atoms. The van der Waals surface area contributed by atoms with Crippen LogP contribution in [0.4, 0.5) is 0 Å². The average molecular weight is 403 g/mol. The molecule has 0 fully saturated rings. The van der Waals surface area contributed by atoms with Gasteiger partial charge in [0.25, 0.3) is 0 Å². The Bertz CT molecular complexity index is 970. The summed E-state index contributed by atoms with van der Waals surface area (Å²) in [5.41, 5.74) is 2.68. The van der Waals surface area contributed by atoms with Crippen LogP contribution in [0.3, 0.4) is 0 Å². The number of methoxy groups -OCH3 is 1. The van der Waals surface area contributed by atoms with E-state index in [1.54, 1.807) is 19.2 Å².